The highest BCUT2D eigenvalue weighted by atomic mass is 16.5. The average molecular weight is 397 g/mol. The zero-order chi connectivity index (χ0) is 20.1. The number of hydrogen-bond donors (Lipinski definition) is 3. The van der Waals surface area contributed by atoms with Crippen LogP contribution >= 0.6 is 0 Å². The van der Waals surface area contributed by atoms with Gasteiger partial charge in [0.1, 0.15) is 0 Å². The molecule has 1 aromatic heterocycles. The molecule has 2 aliphatic rings. The van der Waals surface area contributed by atoms with Crippen molar-refractivity contribution in [3.63, 3.8) is 0 Å². The maximum Gasteiger partial charge on any atom is 0.314 e. The smallest absolute Gasteiger partial charge is 0.314 e. The highest BCUT2D eigenvalue weighted by Gasteiger charge is 2.29. The Morgan fingerprint density at radius 3 is 2.72 bits per heavy atom. The fraction of sp³-hybridized carbons (Fsp3) is 0.476. The first-order valence-corrected chi connectivity index (χ1v) is 10.2. The Morgan fingerprint density at radius 2 is 1.93 bits per heavy atom. The molecule has 8 heteroatoms. The van der Waals surface area contributed by atoms with Gasteiger partial charge in [0.15, 0.2) is 5.69 Å². The number of benzene rings is 1. The van der Waals surface area contributed by atoms with Gasteiger partial charge in [-0.15, -0.1) is 0 Å². The average Bonchev–Trinajstić information content (AvgIpc) is 3.48. The lowest BCUT2D eigenvalue weighted by molar-refractivity contribution is 0.0922. The molecular formula is C21H27N5O3. The van der Waals surface area contributed by atoms with E-state index in [0.717, 1.165) is 36.9 Å². The fourth-order valence-corrected chi connectivity index (χ4v) is 3.46. The monoisotopic (exact) mass is 397 g/mol. The summed E-state index contributed by atoms with van der Waals surface area (Å²) in [6.45, 7) is 2.57. The van der Waals surface area contributed by atoms with Gasteiger partial charge in [-0.3, -0.25) is 9.48 Å². The number of carbonyl (C=O) groups excluding carboxylic acids is 2. The van der Waals surface area contributed by atoms with Gasteiger partial charge in [0, 0.05) is 36.8 Å². The second-order valence-corrected chi connectivity index (χ2v) is 7.47. The molecule has 0 saturated heterocycles. The predicted octanol–water partition coefficient (Wildman–Crippen LogP) is 1.39. The largest absolute Gasteiger partial charge is 0.376 e. The molecule has 1 saturated carbocycles. The molecule has 1 aliphatic heterocycles. The molecule has 3 N–H and O–H groups in total. The third kappa shape index (κ3) is 5.14. The number of rotatable bonds is 8. The van der Waals surface area contributed by atoms with E-state index in [0.29, 0.717) is 38.5 Å². The van der Waals surface area contributed by atoms with E-state index in [9.17, 15) is 9.59 Å². The molecule has 1 aromatic carbocycles. The number of amides is 3. The lowest BCUT2D eigenvalue weighted by atomic mass is 10.1. The van der Waals surface area contributed by atoms with Crippen LogP contribution in [0.4, 0.5) is 4.79 Å². The number of nitrogens with zero attached hydrogens (tertiary/aromatic N) is 2. The lowest BCUT2D eigenvalue weighted by Crippen LogP contribution is -2.38. The van der Waals surface area contributed by atoms with Crippen molar-refractivity contribution >= 4 is 11.9 Å². The summed E-state index contributed by atoms with van der Waals surface area (Å²) in [6.07, 6.45) is 3.59. The van der Waals surface area contributed by atoms with Gasteiger partial charge in [0.2, 0.25) is 0 Å². The van der Waals surface area contributed by atoms with Crippen LogP contribution in [0.25, 0.3) is 0 Å². The summed E-state index contributed by atoms with van der Waals surface area (Å²) in [5, 5.41) is 13.2. The molecular weight excluding hydrogens is 370 g/mol. The Morgan fingerprint density at radius 1 is 1.14 bits per heavy atom. The fourth-order valence-electron chi connectivity index (χ4n) is 3.46. The topological polar surface area (TPSA) is 97.3 Å². The third-order valence-electron chi connectivity index (χ3n) is 5.17. The highest BCUT2D eigenvalue weighted by molar-refractivity contribution is 5.94. The van der Waals surface area contributed by atoms with Crippen molar-refractivity contribution in [1.82, 2.24) is 25.7 Å². The summed E-state index contributed by atoms with van der Waals surface area (Å²) in [4.78, 5) is 24.5. The van der Waals surface area contributed by atoms with E-state index >= 15 is 0 Å². The Kier molecular flexibility index (Phi) is 6.09. The van der Waals surface area contributed by atoms with Crippen LogP contribution in [0.2, 0.25) is 0 Å². The summed E-state index contributed by atoms with van der Waals surface area (Å²) < 4.78 is 7.37. The van der Waals surface area contributed by atoms with Gasteiger partial charge in [-0.2, -0.15) is 5.10 Å². The summed E-state index contributed by atoms with van der Waals surface area (Å²) >= 11 is 0. The molecule has 29 heavy (non-hydrogen) atoms. The maximum absolute atomic E-state index is 12.5. The van der Waals surface area contributed by atoms with Crippen LogP contribution < -0.4 is 16.0 Å². The number of nitrogens with one attached hydrogen (secondary N) is 3. The van der Waals surface area contributed by atoms with E-state index in [1.54, 1.807) is 0 Å². The molecule has 1 fully saturated rings. The summed E-state index contributed by atoms with van der Waals surface area (Å²) in [5.41, 5.74) is 3.55. The minimum Gasteiger partial charge on any atom is -0.376 e. The quantitative estimate of drug-likeness (QED) is 0.627. The van der Waals surface area contributed by atoms with Crippen molar-refractivity contribution in [3.8, 4) is 0 Å². The number of ether oxygens (including phenoxy) is 1. The second-order valence-electron chi connectivity index (χ2n) is 7.47. The maximum atomic E-state index is 12.5. The van der Waals surface area contributed by atoms with Gasteiger partial charge in [0.25, 0.3) is 5.91 Å². The highest BCUT2D eigenvalue weighted by Crippen LogP contribution is 2.23. The molecule has 0 atom stereocenters. The zero-order valence-electron chi connectivity index (χ0n) is 16.4. The van der Waals surface area contributed by atoms with E-state index in [1.807, 2.05) is 35.0 Å². The molecule has 0 unspecified atom stereocenters. The van der Waals surface area contributed by atoms with Gasteiger partial charge < -0.3 is 20.7 Å². The van der Waals surface area contributed by atoms with Crippen molar-refractivity contribution in [3.05, 3.63) is 52.8 Å². The van der Waals surface area contributed by atoms with Crippen molar-refractivity contribution in [2.45, 2.75) is 44.9 Å². The normalized spacial score (nSPS) is 15.4. The van der Waals surface area contributed by atoms with Crippen molar-refractivity contribution in [2.24, 2.45) is 0 Å². The molecule has 154 valence electrons. The standard InChI is InChI=1S/C21H27N5O3/c27-20(24-16-6-7-16)19-17-14-29-13-9-18(17)26(25-19)12-11-23-21(28)22-10-8-15-4-2-1-3-5-15/h1-5,16H,6-14H2,(H,24,27)(H2,22,23,28). The van der Waals surface area contributed by atoms with Crippen molar-refractivity contribution in [1.29, 1.82) is 0 Å². The third-order valence-corrected chi connectivity index (χ3v) is 5.17. The van der Waals surface area contributed by atoms with E-state index in [2.05, 4.69) is 21.0 Å². The predicted molar refractivity (Wildman–Crippen MR) is 108 cm³/mol. The minimum absolute atomic E-state index is 0.125. The lowest BCUT2D eigenvalue weighted by Gasteiger charge is -2.15. The Labute approximate surface area is 170 Å². The number of urea groups is 1. The van der Waals surface area contributed by atoms with Gasteiger partial charge in [-0.05, 0) is 24.8 Å². The summed E-state index contributed by atoms with van der Waals surface area (Å²) in [7, 11) is 0. The molecule has 0 bridgehead atoms. The van der Waals surface area contributed by atoms with Crippen molar-refractivity contribution < 1.29 is 14.3 Å². The first-order chi connectivity index (χ1) is 14.2. The van der Waals surface area contributed by atoms with Crippen LogP contribution in [-0.4, -0.2) is 47.5 Å². The molecule has 3 amide bonds. The molecule has 2 heterocycles. The first-order valence-electron chi connectivity index (χ1n) is 10.2. The number of fused-ring (bicyclic) bond motifs is 1. The van der Waals surface area contributed by atoms with Crippen LogP contribution in [-0.2, 0) is 30.7 Å². The molecule has 4 rings (SSSR count). The van der Waals surface area contributed by atoms with Gasteiger partial charge in [0.05, 0.1) is 19.8 Å². The zero-order valence-corrected chi connectivity index (χ0v) is 16.4. The number of aromatic nitrogens is 2. The molecule has 1 aliphatic carbocycles. The van der Waals surface area contributed by atoms with E-state index in [1.165, 1.54) is 5.56 Å². The van der Waals surface area contributed by atoms with Crippen LogP contribution in [0, 0.1) is 0 Å². The summed E-state index contributed by atoms with van der Waals surface area (Å²) in [5.74, 6) is -0.125. The first kappa shape index (κ1) is 19.4. The van der Waals surface area contributed by atoms with E-state index in [-0.39, 0.29) is 18.0 Å². The molecule has 8 nitrogen and oxygen atoms in total. The SMILES string of the molecule is O=C(NCCc1ccccc1)NCCn1nc(C(=O)NC2CC2)c2c1CCOC2. The van der Waals surface area contributed by atoms with E-state index < -0.39 is 0 Å². The molecule has 0 spiro atoms. The van der Waals surface area contributed by atoms with Crippen molar-refractivity contribution in [2.75, 3.05) is 19.7 Å². The Bertz CT molecular complexity index is 861. The Hall–Kier alpha value is -2.87. The molecule has 2 aromatic rings. The number of carbonyl (C=O) groups is 2. The summed E-state index contributed by atoms with van der Waals surface area (Å²) in [6, 6.07) is 10.1. The van der Waals surface area contributed by atoms with Crippen LogP contribution in [0.1, 0.15) is 40.2 Å². The Balaban J connectivity index is 1.27. The van der Waals surface area contributed by atoms with Gasteiger partial charge in [-0.1, -0.05) is 30.3 Å². The number of hydrogen-bond acceptors (Lipinski definition) is 4. The minimum atomic E-state index is -0.197. The van der Waals surface area contributed by atoms with Crippen LogP contribution in [0.3, 0.4) is 0 Å². The molecule has 0 radical (unpaired) electrons. The van der Waals surface area contributed by atoms with Gasteiger partial charge >= 0.3 is 6.03 Å². The van der Waals surface area contributed by atoms with E-state index in [4.69, 9.17) is 4.74 Å². The van der Waals surface area contributed by atoms with Gasteiger partial charge in [-0.25, -0.2) is 4.79 Å². The van der Waals surface area contributed by atoms with Crippen LogP contribution in [0.15, 0.2) is 30.3 Å². The van der Waals surface area contributed by atoms with Crippen LogP contribution in [0.5, 0.6) is 0 Å². The second kappa shape index (κ2) is 9.09.